The Hall–Kier alpha value is -0.870. The van der Waals surface area contributed by atoms with E-state index in [4.69, 9.17) is 4.98 Å². The van der Waals surface area contributed by atoms with Crippen LogP contribution in [0.2, 0.25) is 0 Å². The van der Waals surface area contributed by atoms with E-state index in [1.54, 1.807) is 0 Å². The first-order chi connectivity index (χ1) is 9.18. The molecule has 1 aliphatic heterocycles. The van der Waals surface area contributed by atoms with E-state index in [1.807, 2.05) is 0 Å². The predicted octanol–water partition coefficient (Wildman–Crippen LogP) is 2.13. The lowest BCUT2D eigenvalue weighted by Gasteiger charge is -2.32. The Balaban J connectivity index is 2.04. The van der Waals surface area contributed by atoms with Crippen LogP contribution in [0, 0.1) is 0 Å². The van der Waals surface area contributed by atoms with Gasteiger partial charge in [-0.3, -0.25) is 0 Å². The van der Waals surface area contributed by atoms with Crippen molar-refractivity contribution in [3.63, 3.8) is 0 Å². The van der Waals surface area contributed by atoms with Crippen LogP contribution in [0.5, 0.6) is 0 Å². The third kappa shape index (κ3) is 2.32. The number of aromatic nitrogens is 2. The van der Waals surface area contributed by atoms with Crippen molar-refractivity contribution in [3.05, 3.63) is 17.2 Å². The summed E-state index contributed by atoms with van der Waals surface area (Å²) in [7, 11) is 0. The molecule has 0 amide bonds. The number of hydrogen-bond donors (Lipinski definition) is 2. The fourth-order valence-corrected chi connectivity index (χ4v) is 3.52. The van der Waals surface area contributed by atoms with Gasteiger partial charge in [0.05, 0.1) is 17.8 Å². The van der Waals surface area contributed by atoms with E-state index in [0.29, 0.717) is 5.92 Å². The maximum absolute atomic E-state index is 10.4. The number of aliphatic hydroxyl groups excluding tert-OH is 1. The molecule has 2 aliphatic rings. The molecule has 0 saturated heterocycles. The summed E-state index contributed by atoms with van der Waals surface area (Å²) < 4.78 is 2.39. The topological polar surface area (TPSA) is 50.1 Å². The van der Waals surface area contributed by atoms with Gasteiger partial charge in [0.15, 0.2) is 0 Å². The van der Waals surface area contributed by atoms with Gasteiger partial charge in [0.1, 0.15) is 5.82 Å². The minimum absolute atomic E-state index is 0.195. The molecule has 3 rings (SSSR count). The molecule has 4 heteroatoms. The van der Waals surface area contributed by atoms with Crippen LogP contribution >= 0.6 is 0 Å². The maximum Gasteiger partial charge on any atom is 0.112 e. The summed E-state index contributed by atoms with van der Waals surface area (Å²) in [5, 5.41) is 13.8. The van der Waals surface area contributed by atoms with Crippen LogP contribution in [0.4, 0.5) is 0 Å². The predicted molar refractivity (Wildman–Crippen MR) is 75.2 cm³/mol. The average molecular weight is 263 g/mol. The van der Waals surface area contributed by atoms with Crippen molar-refractivity contribution in [3.8, 4) is 0 Å². The highest BCUT2D eigenvalue weighted by Crippen LogP contribution is 2.34. The van der Waals surface area contributed by atoms with Crippen LogP contribution < -0.4 is 5.32 Å². The second-order valence-corrected chi connectivity index (χ2v) is 6.23. The fourth-order valence-electron chi connectivity index (χ4n) is 3.52. The van der Waals surface area contributed by atoms with Gasteiger partial charge in [0, 0.05) is 31.1 Å². The van der Waals surface area contributed by atoms with E-state index in [2.05, 4.69) is 23.7 Å². The summed E-state index contributed by atoms with van der Waals surface area (Å²) >= 11 is 0. The number of nitrogens with zero attached hydrogens (tertiary/aromatic N) is 2. The standard InChI is InChI=1S/C15H25N3O/c1-10(2)15-17-11-9-16-8-7-12(11)18(15)13-5-3-4-6-14(13)19/h10,13-14,16,19H,3-9H2,1-2H3. The van der Waals surface area contributed by atoms with Gasteiger partial charge in [-0.25, -0.2) is 4.98 Å². The van der Waals surface area contributed by atoms with Crippen molar-refractivity contribution >= 4 is 0 Å². The summed E-state index contributed by atoms with van der Waals surface area (Å²) in [6.07, 6.45) is 5.26. The van der Waals surface area contributed by atoms with Crippen molar-refractivity contribution in [1.82, 2.24) is 14.9 Å². The average Bonchev–Trinajstić information content (AvgIpc) is 2.79. The minimum Gasteiger partial charge on any atom is -0.391 e. The van der Waals surface area contributed by atoms with E-state index in [9.17, 15) is 5.11 Å². The smallest absolute Gasteiger partial charge is 0.112 e. The monoisotopic (exact) mass is 263 g/mol. The summed E-state index contributed by atoms with van der Waals surface area (Å²) in [4.78, 5) is 4.85. The summed E-state index contributed by atoms with van der Waals surface area (Å²) in [5.74, 6) is 1.58. The Morgan fingerprint density at radius 1 is 1.32 bits per heavy atom. The van der Waals surface area contributed by atoms with E-state index < -0.39 is 0 Å². The molecule has 2 atom stereocenters. The minimum atomic E-state index is -0.195. The Bertz CT molecular complexity index is 452. The van der Waals surface area contributed by atoms with Gasteiger partial charge in [-0.2, -0.15) is 0 Å². The number of hydrogen-bond acceptors (Lipinski definition) is 3. The molecule has 0 radical (unpaired) electrons. The van der Waals surface area contributed by atoms with Gasteiger partial charge < -0.3 is 15.0 Å². The third-order valence-electron chi connectivity index (χ3n) is 4.49. The molecule has 106 valence electrons. The summed E-state index contributed by atoms with van der Waals surface area (Å²) in [6.45, 7) is 6.31. The van der Waals surface area contributed by atoms with Gasteiger partial charge in [-0.05, 0) is 12.8 Å². The van der Waals surface area contributed by atoms with E-state index >= 15 is 0 Å². The van der Waals surface area contributed by atoms with Gasteiger partial charge in [-0.15, -0.1) is 0 Å². The van der Waals surface area contributed by atoms with Crippen LogP contribution in [0.3, 0.4) is 0 Å². The van der Waals surface area contributed by atoms with Crippen LogP contribution in [0.1, 0.15) is 68.7 Å². The van der Waals surface area contributed by atoms with Crippen molar-refractivity contribution in [2.45, 2.75) is 70.6 Å². The number of aliphatic hydroxyl groups is 1. The highest BCUT2D eigenvalue weighted by Gasteiger charge is 2.31. The first-order valence-electron chi connectivity index (χ1n) is 7.67. The Morgan fingerprint density at radius 2 is 2.11 bits per heavy atom. The summed E-state index contributed by atoms with van der Waals surface area (Å²) in [6, 6.07) is 0.250. The summed E-state index contributed by atoms with van der Waals surface area (Å²) in [5.41, 5.74) is 2.57. The second kappa shape index (κ2) is 5.25. The Kier molecular flexibility index (Phi) is 3.63. The van der Waals surface area contributed by atoms with E-state index in [1.165, 1.54) is 23.6 Å². The molecular weight excluding hydrogens is 238 g/mol. The lowest BCUT2D eigenvalue weighted by molar-refractivity contribution is 0.0722. The largest absolute Gasteiger partial charge is 0.391 e. The zero-order valence-corrected chi connectivity index (χ0v) is 12.0. The van der Waals surface area contributed by atoms with Crippen molar-refractivity contribution in [1.29, 1.82) is 0 Å². The third-order valence-corrected chi connectivity index (χ3v) is 4.49. The normalized spacial score (nSPS) is 27.6. The van der Waals surface area contributed by atoms with Crippen LogP contribution in [0.25, 0.3) is 0 Å². The van der Waals surface area contributed by atoms with Gasteiger partial charge in [0.2, 0.25) is 0 Å². The van der Waals surface area contributed by atoms with Crippen molar-refractivity contribution in [2.24, 2.45) is 0 Å². The number of imidazole rings is 1. The molecule has 0 spiro atoms. The SMILES string of the molecule is CC(C)c1nc2c(n1C1CCCCC1O)CCNC2. The van der Waals surface area contributed by atoms with Gasteiger partial charge in [-0.1, -0.05) is 26.7 Å². The molecule has 1 saturated carbocycles. The van der Waals surface area contributed by atoms with Crippen LogP contribution in [-0.4, -0.2) is 27.3 Å². The van der Waals surface area contributed by atoms with Crippen molar-refractivity contribution < 1.29 is 5.11 Å². The lowest BCUT2D eigenvalue weighted by atomic mass is 9.91. The number of fused-ring (bicyclic) bond motifs is 1. The Morgan fingerprint density at radius 3 is 2.84 bits per heavy atom. The lowest BCUT2D eigenvalue weighted by Crippen LogP contribution is -2.32. The fraction of sp³-hybridized carbons (Fsp3) is 0.800. The molecule has 19 heavy (non-hydrogen) atoms. The number of nitrogens with one attached hydrogen (secondary N) is 1. The molecule has 2 N–H and O–H groups in total. The molecule has 1 aromatic rings. The highest BCUT2D eigenvalue weighted by molar-refractivity contribution is 5.23. The Labute approximate surface area is 115 Å². The zero-order chi connectivity index (χ0) is 13.4. The van der Waals surface area contributed by atoms with Crippen molar-refractivity contribution in [2.75, 3.05) is 6.54 Å². The quantitative estimate of drug-likeness (QED) is 0.859. The van der Waals surface area contributed by atoms with Gasteiger partial charge in [0.25, 0.3) is 0 Å². The molecule has 0 bridgehead atoms. The first kappa shape index (κ1) is 13.1. The van der Waals surface area contributed by atoms with E-state index in [0.717, 1.165) is 38.8 Å². The molecule has 1 aliphatic carbocycles. The molecular formula is C15H25N3O. The molecule has 2 unspecified atom stereocenters. The van der Waals surface area contributed by atoms with Gasteiger partial charge >= 0.3 is 0 Å². The molecule has 0 aromatic carbocycles. The molecule has 1 aromatic heterocycles. The maximum atomic E-state index is 10.4. The second-order valence-electron chi connectivity index (χ2n) is 6.23. The molecule has 4 nitrogen and oxygen atoms in total. The van der Waals surface area contributed by atoms with Crippen LogP contribution in [-0.2, 0) is 13.0 Å². The number of rotatable bonds is 2. The molecule has 2 heterocycles. The highest BCUT2D eigenvalue weighted by atomic mass is 16.3. The zero-order valence-electron chi connectivity index (χ0n) is 12.0. The van der Waals surface area contributed by atoms with E-state index in [-0.39, 0.29) is 12.1 Å². The van der Waals surface area contributed by atoms with Crippen LogP contribution in [0.15, 0.2) is 0 Å². The molecule has 1 fully saturated rings. The first-order valence-corrected chi connectivity index (χ1v) is 7.67.